The van der Waals surface area contributed by atoms with Crippen molar-refractivity contribution in [3.05, 3.63) is 72.3 Å². The van der Waals surface area contributed by atoms with Crippen LogP contribution in [0.2, 0.25) is 0 Å². The monoisotopic (exact) mass is 388 g/mol. The molecule has 0 bridgehead atoms. The van der Waals surface area contributed by atoms with Gasteiger partial charge in [-0.3, -0.25) is 4.79 Å². The van der Waals surface area contributed by atoms with E-state index in [2.05, 4.69) is 0 Å². The second-order valence-corrected chi connectivity index (χ2v) is 6.66. The van der Waals surface area contributed by atoms with E-state index in [0.29, 0.717) is 22.7 Å². The Morgan fingerprint density at radius 3 is 2.14 bits per heavy atom. The third kappa shape index (κ3) is 3.67. The highest BCUT2D eigenvalue weighted by Crippen LogP contribution is 2.37. The lowest BCUT2D eigenvalue weighted by atomic mass is 10.00. The van der Waals surface area contributed by atoms with E-state index in [1.54, 1.807) is 14.2 Å². The zero-order valence-corrected chi connectivity index (χ0v) is 16.1. The average Bonchev–Trinajstić information content (AvgIpc) is 3.11. The highest BCUT2D eigenvalue weighted by atomic mass is 16.5. The zero-order valence-electron chi connectivity index (χ0n) is 16.1. The Balaban J connectivity index is 1.88. The molecule has 146 valence electrons. The Kier molecular flexibility index (Phi) is 4.96. The van der Waals surface area contributed by atoms with Crippen molar-refractivity contribution in [3.8, 4) is 33.9 Å². The summed E-state index contributed by atoms with van der Waals surface area (Å²) >= 11 is 0. The van der Waals surface area contributed by atoms with Crippen molar-refractivity contribution in [1.29, 1.82) is 0 Å². The summed E-state index contributed by atoms with van der Waals surface area (Å²) < 4.78 is 16.8. The van der Waals surface area contributed by atoms with Gasteiger partial charge in [-0.15, -0.1) is 0 Å². The molecule has 0 amide bonds. The van der Waals surface area contributed by atoms with Gasteiger partial charge in [-0.1, -0.05) is 36.4 Å². The van der Waals surface area contributed by atoms with Crippen molar-refractivity contribution in [2.75, 3.05) is 14.2 Å². The molecule has 5 nitrogen and oxygen atoms in total. The molecule has 29 heavy (non-hydrogen) atoms. The van der Waals surface area contributed by atoms with Crippen molar-refractivity contribution < 1.29 is 23.8 Å². The van der Waals surface area contributed by atoms with Crippen molar-refractivity contribution >= 4 is 16.9 Å². The number of hydrogen-bond donors (Lipinski definition) is 1. The normalized spacial score (nSPS) is 10.8. The van der Waals surface area contributed by atoms with Gasteiger partial charge in [0.1, 0.15) is 22.8 Å². The molecule has 0 unspecified atom stereocenters. The molecule has 0 aliphatic carbocycles. The number of benzene rings is 3. The van der Waals surface area contributed by atoms with E-state index in [0.717, 1.165) is 27.8 Å². The predicted octanol–water partition coefficient (Wildman–Crippen LogP) is 5.41. The molecule has 0 saturated heterocycles. The van der Waals surface area contributed by atoms with E-state index < -0.39 is 5.97 Å². The predicted molar refractivity (Wildman–Crippen MR) is 112 cm³/mol. The Bertz CT molecular complexity index is 1190. The third-order valence-corrected chi connectivity index (χ3v) is 4.86. The second-order valence-electron chi connectivity index (χ2n) is 6.66. The van der Waals surface area contributed by atoms with Crippen molar-refractivity contribution in [3.63, 3.8) is 0 Å². The number of furan rings is 1. The quantitative estimate of drug-likeness (QED) is 0.478. The summed E-state index contributed by atoms with van der Waals surface area (Å²) in [5.41, 5.74) is 4.02. The summed E-state index contributed by atoms with van der Waals surface area (Å²) in [5, 5.41) is 10.2. The number of aliphatic carboxylic acids is 1. The number of carbonyl (C=O) groups is 1. The average molecular weight is 388 g/mol. The Morgan fingerprint density at radius 2 is 1.48 bits per heavy atom. The molecule has 0 spiro atoms. The number of carboxylic acids is 1. The van der Waals surface area contributed by atoms with Crippen LogP contribution in [0.5, 0.6) is 11.5 Å². The maximum atomic E-state index is 11.5. The molecule has 0 aliphatic heterocycles. The Morgan fingerprint density at radius 1 is 0.862 bits per heavy atom. The Hall–Kier alpha value is -3.73. The van der Waals surface area contributed by atoms with Crippen molar-refractivity contribution in [2.45, 2.75) is 6.42 Å². The van der Waals surface area contributed by atoms with Gasteiger partial charge in [-0.2, -0.15) is 0 Å². The van der Waals surface area contributed by atoms with Gasteiger partial charge in [0.25, 0.3) is 0 Å². The first kappa shape index (κ1) is 18.6. The van der Waals surface area contributed by atoms with Crippen LogP contribution in [0.25, 0.3) is 33.4 Å². The fourth-order valence-corrected chi connectivity index (χ4v) is 3.46. The molecule has 0 radical (unpaired) electrons. The first-order valence-electron chi connectivity index (χ1n) is 9.15. The summed E-state index contributed by atoms with van der Waals surface area (Å²) in [7, 11) is 3.23. The van der Waals surface area contributed by atoms with Gasteiger partial charge in [0.15, 0.2) is 0 Å². The maximum absolute atomic E-state index is 11.5. The number of carboxylic acid groups (broad SMARTS) is 1. The minimum absolute atomic E-state index is 0.127. The maximum Gasteiger partial charge on any atom is 0.307 e. The van der Waals surface area contributed by atoms with Gasteiger partial charge in [0, 0.05) is 16.5 Å². The molecule has 4 aromatic rings. The fraction of sp³-hybridized carbons (Fsp3) is 0.125. The van der Waals surface area contributed by atoms with Gasteiger partial charge < -0.3 is 19.0 Å². The van der Waals surface area contributed by atoms with Crippen molar-refractivity contribution in [2.24, 2.45) is 0 Å². The second kappa shape index (κ2) is 7.72. The molecular formula is C24H20O5. The van der Waals surface area contributed by atoms with Crippen LogP contribution >= 0.6 is 0 Å². The number of methoxy groups -OCH3 is 2. The molecular weight excluding hydrogens is 368 g/mol. The van der Waals surface area contributed by atoms with Crippen LogP contribution in [-0.2, 0) is 11.2 Å². The highest BCUT2D eigenvalue weighted by Gasteiger charge is 2.19. The molecule has 4 rings (SSSR count). The van der Waals surface area contributed by atoms with Crippen LogP contribution in [0.3, 0.4) is 0 Å². The van der Waals surface area contributed by atoms with E-state index in [4.69, 9.17) is 13.9 Å². The molecule has 5 heteroatoms. The smallest absolute Gasteiger partial charge is 0.307 e. The fourth-order valence-electron chi connectivity index (χ4n) is 3.46. The zero-order chi connectivity index (χ0) is 20.4. The summed E-state index contributed by atoms with van der Waals surface area (Å²) in [6.45, 7) is 0. The van der Waals surface area contributed by atoms with E-state index >= 15 is 0 Å². The van der Waals surface area contributed by atoms with Crippen LogP contribution in [0.15, 0.2) is 71.1 Å². The lowest BCUT2D eigenvalue weighted by Crippen LogP contribution is -2.00. The first-order valence-corrected chi connectivity index (χ1v) is 9.15. The summed E-state index contributed by atoms with van der Waals surface area (Å²) in [5.74, 6) is 1.09. The van der Waals surface area contributed by atoms with E-state index in [9.17, 15) is 9.90 Å². The van der Waals surface area contributed by atoms with Crippen LogP contribution in [0.1, 0.15) is 5.56 Å². The lowest BCUT2D eigenvalue weighted by molar-refractivity contribution is -0.136. The van der Waals surface area contributed by atoms with Crippen LogP contribution in [-0.4, -0.2) is 25.3 Å². The van der Waals surface area contributed by atoms with Crippen LogP contribution in [0.4, 0.5) is 0 Å². The highest BCUT2D eigenvalue weighted by molar-refractivity contribution is 5.94. The molecule has 1 aromatic heterocycles. The van der Waals surface area contributed by atoms with Gasteiger partial charge in [0.2, 0.25) is 0 Å². The van der Waals surface area contributed by atoms with E-state index in [1.807, 2.05) is 66.7 Å². The van der Waals surface area contributed by atoms with Crippen LogP contribution < -0.4 is 9.47 Å². The summed E-state index contributed by atoms with van der Waals surface area (Å²) in [6, 6.07) is 21.0. The topological polar surface area (TPSA) is 68.9 Å². The van der Waals surface area contributed by atoms with E-state index in [-0.39, 0.29) is 6.42 Å². The third-order valence-electron chi connectivity index (χ3n) is 4.86. The van der Waals surface area contributed by atoms with Gasteiger partial charge in [-0.25, -0.2) is 0 Å². The van der Waals surface area contributed by atoms with E-state index in [1.165, 1.54) is 0 Å². The molecule has 3 aromatic carbocycles. The van der Waals surface area contributed by atoms with Gasteiger partial charge in [-0.05, 0) is 41.5 Å². The number of hydrogen-bond acceptors (Lipinski definition) is 4. The number of rotatable bonds is 6. The number of fused-ring (bicyclic) bond motifs is 1. The van der Waals surface area contributed by atoms with Gasteiger partial charge >= 0.3 is 5.97 Å². The van der Waals surface area contributed by atoms with Crippen LogP contribution in [0, 0.1) is 0 Å². The first-order chi connectivity index (χ1) is 14.1. The Labute approximate surface area is 168 Å². The van der Waals surface area contributed by atoms with Crippen molar-refractivity contribution in [1.82, 2.24) is 0 Å². The molecule has 0 aliphatic rings. The molecule has 0 saturated carbocycles. The van der Waals surface area contributed by atoms with Gasteiger partial charge in [0.05, 0.1) is 20.6 Å². The minimum Gasteiger partial charge on any atom is -0.497 e. The molecule has 1 N–H and O–H groups in total. The summed E-state index contributed by atoms with van der Waals surface area (Å²) in [4.78, 5) is 11.5. The largest absolute Gasteiger partial charge is 0.497 e. The SMILES string of the molecule is COc1cccc(-c2ccc3c(CC(=O)O)c(-c4cccc(OC)c4)oc3c2)c1. The molecule has 1 heterocycles. The number of ether oxygens (including phenoxy) is 2. The molecule has 0 fully saturated rings. The standard InChI is InChI=1S/C24H20O5/c1-27-18-7-3-5-15(11-18)16-9-10-20-21(14-23(25)26)24(29-22(20)13-16)17-6-4-8-19(12-17)28-2/h3-13H,14H2,1-2H3,(H,25,26). The lowest BCUT2D eigenvalue weighted by Gasteiger charge is -2.05. The minimum atomic E-state index is -0.909. The summed E-state index contributed by atoms with van der Waals surface area (Å²) in [6.07, 6.45) is -0.127. The molecule has 0 atom stereocenters.